The number of halogens is 1. The summed E-state index contributed by atoms with van der Waals surface area (Å²) in [5.41, 5.74) is 1.49. The van der Waals surface area contributed by atoms with E-state index in [1.54, 1.807) is 12.1 Å². The molecule has 0 aromatic carbocycles. The molecule has 6 heteroatoms. The van der Waals surface area contributed by atoms with Crippen molar-refractivity contribution in [3.8, 4) is 6.07 Å². The predicted molar refractivity (Wildman–Crippen MR) is 72.0 cm³/mol. The third kappa shape index (κ3) is 2.68. The Hall–Kier alpha value is -1.87. The Kier molecular flexibility index (Phi) is 3.63. The number of hydrogen-bond acceptors (Lipinski definition) is 4. The SMILES string of the molecule is CN(Cc1cc(Br)cn1C)c1ccc(C#N)nn1. The van der Waals surface area contributed by atoms with E-state index in [1.165, 1.54) is 0 Å². The predicted octanol–water partition coefficient (Wildman–Crippen LogP) is 2.09. The van der Waals surface area contributed by atoms with E-state index < -0.39 is 0 Å². The van der Waals surface area contributed by atoms with Crippen molar-refractivity contribution in [2.24, 2.45) is 7.05 Å². The fourth-order valence-electron chi connectivity index (χ4n) is 1.64. The number of nitriles is 1. The quantitative estimate of drug-likeness (QED) is 0.871. The fraction of sp³-hybridized carbons (Fsp3) is 0.250. The summed E-state index contributed by atoms with van der Waals surface area (Å²) in [6, 6.07) is 7.48. The zero-order valence-corrected chi connectivity index (χ0v) is 11.7. The molecule has 0 saturated heterocycles. The van der Waals surface area contributed by atoms with Gasteiger partial charge in [-0.15, -0.1) is 10.2 Å². The molecule has 0 spiro atoms. The lowest BCUT2D eigenvalue weighted by Gasteiger charge is -2.17. The van der Waals surface area contributed by atoms with E-state index in [1.807, 2.05) is 31.3 Å². The van der Waals surface area contributed by atoms with Crippen LogP contribution in [0.3, 0.4) is 0 Å². The minimum Gasteiger partial charge on any atom is -0.352 e. The first-order valence-corrected chi connectivity index (χ1v) is 6.15. The average molecular weight is 306 g/mol. The van der Waals surface area contributed by atoms with E-state index in [2.05, 4.69) is 36.8 Å². The first-order valence-electron chi connectivity index (χ1n) is 5.36. The molecule has 0 amide bonds. The van der Waals surface area contributed by atoms with Crippen molar-refractivity contribution in [3.05, 3.63) is 40.3 Å². The van der Waals surface area contributed by atoms with E-state index in [9.17, 15) is 0 Å². The average Bonchev–Trinajstić information content (AvgIpc) is 2.68. The normalized spacial score (nSPS) is 10.1. The molecule has 0 saturated carbocycles. The Labute approximate surface area is 114 Å². The molecule has 0 atom stereocenters. The van der Waals surface area contributed by atoms with Crippen LogP contribution in [0.4, 0.5) is 5.82 Å². The van der Waals surface area contributed by atoms with Crippen LogP contribution < -0.4 is 4.90 Å². The van der Waals surface area contributed by atoms with Gasteiger partial charge in [-0.1, -0.05) is 0 Å². The molecule has 2 heterocycles. The Balaban J connectivity index is 2.14. The minimum atomic E-state index is 0.328. The maximum absolute atomic E-state index is 8.67. The Morgan fingerprint density at radius 1 is 1.44 bits per heavy atom. The van der Waals surface area contributed by atoms with Gasteiger partial charge in [-0.05, 0) is 34.1 Å². The van der Waals surface area contributed by atoms with Crippen molar-refractivity contribution in [1.29, 1.82) is 5.26 Å². The third-order valence-electron chi connectivity index (χ3n) is 2.63. The first kappa shape index (κ1) is 12.6. The zero-order chi connectivity index (χ0) is 13.1. The van der Waals surface area contributed by atoms with E-state index >= 15 is 0 Å². The summed E-state index contributed by atoms with van der Waals surface area (Å²) in [6.45, 7) is 0.725. The van der Waals surface area contributed by atoms with E-state index in [0.29, 0.717) is 5.69 Å². The lowest BCUT2D eigenvalue weighted by atomic mass is 10.3. The molecule has 92 valence electrons. The summed E-state index contributed by atoms with van der Waals surface area (Å²) in [5, 5.41) is 16.5. The van der Waals surface area contributed by atoms with Crippen molar-refractivity contribution in [1.82, 2.24) is 14.8 Å². The highest BCUT2D eigenvalue weighted by atomic mass is 79.9. The van der Waals surface area contributed by atoms with Gasteiger partial charge in [0.25, 0.3) is 0 Å². The second-order valence-electron chi connectivity index (χ2n) is 4.01. The van der Waals surface area contributed by atoms with Crippen LogP contribution in [0.15, 0.2) is 28.9 Å². The van der Waals surface area contributed by atoms with Gasteiger partial charge in [0.2, 0.25) is 0 Å². The van der Waals surface area contributed by atoms with Crippen LogP contribution in [-0.2, 0) is 13.6 Å². The topological polar surface area (TPSA) is 57.7 Å². The van der Waals surface area contributed by atoms with Gasteiger partial charge in [-0.2, -0.15) is 5.26 Å². The second kappa shape index (κ2) is 5.19. The molecule has 2 aromatic rings. The largest absolute Gasteiger partial charge is 0.352 e. The highest BCUT2D eigenvalue weighted by molar-refractivity contribution is 9.10. The maximum atomic E-state index is 8.67. The lowest BCUT2D eigenvalue weighted by molar-refractivity contribution is 0.774. The van der Waals surface area contributed by atoms with Crippen molar-refractivity contribution in [2.75, 3.05) is 11.9 Å². The van der Waals surface area contributed by atoms with Crippen LogP contribution in [0.25, 0.3) is 0 Å². The lowest BCUT2D eigenvalue weighted by Crippen LogP contribution is -2.19. The molecular formula is C12H12BrN5. The van der Waals surface area contributed by atoms with Crippen molar-refractivity contribution < 1.29 is 0 Å². The smallest absolute Gasteiger partial charge is 0.163 e. The van der Waals surface area contributed by atoms with Gasteiger partial charge in [0.05, 0.1) is 6.54 Å². The van der Waals surface area contributed by atoms with Gasteiger partial charge >= 0.3 is 0 Å². The Bertz CT molecular complexity index is 582. The summed E-state index contributed by atoms with van der Waals surface area (Å²) < 4.78 is 3.11. The Morgan fingerprint density at radius 2 is 2.22 bits per heavy atom. The number of aryl methyl sites for hydroxylation is 1. The number of hydrogen-bond donors (Lipinski definition) is 0. The molecule has 0 unspecified atom stereocenters. The molecule has 0 aliphatic carbocycles. The van der Waals surface area contributed by atoms with Crippen LogP contribution in [-0.4, -0.2) is 21.8 Å². The van der Waals surface area contributed by atoms with Crippen molar-refractivity contribution in [2.45, 2.75) is 6.54 Å². The van der Waals surface area contributed by atoms with Gasteiger partial charge in [-0.3, -0.25) is 0 Å². The highest BCUT2D eigenvalue weighted by Crippen LogP contribution is 2.17. The van der Waals surface area contributed by atoms with Crippen LogP contribution in [0.1, 0.15) is 11.4 Å². The summed E-state index contributed by atoms with van der Waals surface area (Å²) in [6.07, 6.45) is 2.01. The molecule has 2 rings (SSSR count). The molecule has 0 radical (unpaired) electrons. The van der Waals surface area contributed by atoms with Crippen LogP contribution in [0, 0.1) is 11.3 Å². The summed E-state index contributed by atoms with van der Waals surface area (Å²) in [5.74, 6) is 0.742. The first-order chi connectivity index (χ1) is 8.60. The molecule has 0 fully saturated rings. The van der Waals surface area contributed by atoms with E-state index in [4.69, 9.17) is 5.26 Å². The molecule has 18 heavy (non-hydrogen) atoms. The van der Waals surface area contributed by atoms with Crippen LogP contribution in [0.2, 0.25) is 0 Å². The molecule has 5 nitrogen and oxygen atoms in total. The molecule has 0 bridgehead atoms. The third-order valence-corrected chi connectivity index (χ3v) is 3.06. The van der Waals surface area contributed by atoms with Crippen molar-refractivity contribution >= 4 is 21.7 Å². The Morgan fingerprint density at radius 3 is 2.72 bits per heavy atom. The van der Waals surface area contributed by atoms with Crippen molar-refractivity contribution in [3.63, 3.8) is 0 Å². The van der Waals surface area contributed by atoms with Crippen LogP contribution in [0.5, 0.6) is 0 Å². The molecule has 2 aromatic heterocycles. The summed E-state index contributed by atoms with van der Waals surface area (Å²) in [7, 11) is 3.94. The summed E-state index contributed by atoms with van der Waals surface area (Å²) >= 11 is 3.44. The molecule has 0 aliphatic heterocycles. The van der Waals surface area contributed by atoms with Gasteiger partial charge in [0.1, 0.15) is 6.07 Å². The number of aromatic nitrogens is 3. The van der Waals surface area contributed by atoms with Gasteiger partial charge < -0.3 is 9.47 Å². The maximum Gasteiger partial charge on any atom is 0.163 e. The number of nitrogens with zero attached hydrogens (tertiary/aromatic N) is 5. The molecular weight excluding hydrogens is 294 g/mol. The number of anilines is 1. The standard InChI is InChI=1S/C12H12BrN5/c1-17-7-9(13)5-11(17)8-18(2)12-4-3-10(6-14)15-16-12/h3-5,7H,8H2,1-2H3. The molecule has 0 aliphatic rings. The zero-order valence-electron chi connectivity index (χ0n) is 10.1. The number of rotatable bonds is 3. The van der Waals surface area contributed by atoms with Gasteiger partial charge in [-0.25, -0.2) is 0 Å². The summed E-state index contributed by atoms with van der Waals surface area (Å²) in [4.78, 5) is 1.98. The van der Waals surface area contributed by atoms with E-state index in [0.717, 1.165) is 22.5 Å². The molecule has 0 N–H and O–H groups in total. The second-order valence-corrected chi connectivity index (χ2v) is 4.92. The van der Waals surface area contributed by atoms with Gasteiger partial charge in [0, 0.05) is 30.5 Å². The van der Waals surface area contributed by atoms with E-state index in [-0.39, 0.29) is 0 Å². The van der Waals surface area contributed by atoms with Gasteiger partial charge in [0.15, 0.2) is 11.5 Å². The minimum absolute atomic E-state index is 0.328. The fourth-order valence-corrected chi connectivity index (χ4v) is 2.21. The van der Waals surface area contributed by atoms with Crippen LogP contribution >= 0.6 is 15.9 Å². The monoisotopic (exact) mass is 305 g/mol. The highest BCUT2D eigenvalue weighted by Gasteiger charge is 2.08.